The van der Waals surface area contributed by atoms with E-state index in [1.807, 2.05) is 6.92 Å². The summed E-state index contributed by atoms with van der Waals surface area (Å²) in [6, 6.07) is 0. The second-order valence-electron chi connectivity index (χ2n) is 5.68. The van der Waals surface area contributed by atoms with Crippen LogP contribution in [0.4, 0.5) is 0 Å². The summed E-state index contributed by atoms with van der Waals surface area (Å²) in [6.45, 7) is 3.27. The highest BCUT2D eigenvalue weighted by molar-refractivity contribution is 7.91. The quantitative estimate of drug-likeness (QED) is 0.782. The van der Waals surface area contributed by atoms with Crippen LogP contribution in [-0.4, -0.2) is 48.2 Å². The first-order valence-electron chi connectivity index (χ1n) is 7.80. The fraction of sp³-hybridized carbons (Fsp3) is 0.786. The van der Waals surface area contributed by atoms with E-state index in [-0.39, 0.29) is 17.5 Å². The molecule has 2 heterocycles. The summed E-state index contributed by atoms with van der Waals surface area (Å²) in [6.07, 6.45) is 5.55. The van der Waals surface area contributed by atoms with Gasteiger partial charge in [-0.2, -0.15) is 4.98 Å². The Kier molecular flexibility index (Phi) is 5.93. The molecule has 1 fully saturated rings. The molecule has 7 nitrogen and oxygen atoms in total. The Morgan fingerprint density at radius 2 is 1.91 bits per heavy atom. The van der Waals surface area contributed by atoms with Crippen molar-refractivity contribution in [3.8, 4) is 0 Å². The lowest BCUT2D eigenvalue weighted by Gasteiger charge is -2.19. The highest BCUT2D eigenvalue weighted by Gasteiger charge is 2.24. The highest BCUT2D eigenvalue weighted by atomic mass is 32.2. The van der Waals surface area contributed by atoms with Gasteiger partial charge >= 0.3 is 0 Å². The molecule has 0 N–H and O–H groups in total. The Hall–Kier alpha value is -1.44. The van der Waals surface area contributed by atoms with Crippen molar-refractivity contribution in [3.63, 3.8) is 0 Å². The van der Waals surface area contributed by atoms with Crippen LogP contribution in [0, 0.1) is 0 Å². The fourth-order valence-electron chi connectivity index (χ4n) is 2.51. The van der Waals surface area contributed by atoms with Gasteiger partial charge in [-0.05, 0) is 19.3 Å². The molecule has 0 unspecified atom stereocenters. The molecule has 1 aliphatic heterocycles. The predicted octanol–water partition coefficient (Wildman–Crippen LogP) is 1.34. The third-order valence-corrected chi connectivity index (χ3v) is 5.01. The average molecular weight is 329 g/mol. The molecule has 0 aliphatic carbocycles. The summed E-state index contributed by atoms with van der Waals surface area (Å²) in [5.74, 6) is -0.581. The number of hydrogen-bond acceptors (Lipinski definition) is 6. The predicted molar refractivity (Wildman–Crippen MR) is 80.8 cm³/mol. The SMILES string of the molecule is CCCc1nc(CS(=O)(=O)CC(=O)N2CCCCCC2)no1. The molecular weight excluding hydrogens is 306 g/mol. The number of aryl methyl sites for hydroxylation is 1. The molecule has 1 amide bonds. The van der Waals surface area contributed by atoms with E-state index in [0.717, 1.165) is 32.1 Å². The Labute approximate surface area is 131 Å². The van der Waals surface area contributed by atoms with Gasteiger partial charge in [0.15, 0.2) is 15.7 Å². The van der Waals surface area contributed by atoms with Crippen LogP contribution in [-0.2, 0) is 26.8 Å². The molecule has 22 heavy (non-hydrogen) atoms. The van der Waals surface area contributed by atoms with E-state index in [4.69, 9.17) is 4.52 Å². The number of rotatable bonds is 6. The summed E-state index contributed by atoms with van der Waals surface area (Å²) in [4.78, 5) is 17.8. The van der Waals surface area contributed by atoms with Crippen LogP contribution in [0.5, 0.6) is 0 Å². The first-order chi connectivity index (χ1) is 10.5. The molecular formula is C14H23N3O4S. The largest absolute Gasteiger partial charge is 0.342 e. The van der Waals surface area contributed by atoms with Gasteiger partial charge in [-0.3, -0.25) is 4.79 Å². The molecule has 1 aromatic heterocycles. The molecule has 2 rings (SSSR count). The second-order valence-corrected chi connectivity index (χ2v) is 7.75. The van der Waals surface area contributed by atoms with Crippen molar-refractivity contribution in [3.05, 3.63) is 11.7 Å². The molecule has 0 spiro atoms. The van der Waals surface area contributed by atoms with Crippen molar-refractivity contribution in [1.82, 2.24) is 15.0 Å². The third kappa shape index (κ3) is 5.08. The van der Waals surface area contributed by atoms with Crippen molar-refractivity contribution in [2.45, 2.75) is 51.2 Å². The number of nitrogens with zero attached hydrogens (tertiary/aromatic N) is 3. The molecule has 1 aromatic rings. The van der Waals surface area contributed by atoms with E-state index in [9.17, 15) is 13.2 Å². The number of hydrogen-bond donors (Lipinski definition) is 0. The van der Waals surface area contributed by atoms with Gasteiger partial charge in [0, 0.05) is 19.5 Å². The van der Waals surface area contributed by atoms with Crippen LogP contribution >= 0.6 is 0 Å². The van der Waals surface area contributed by atoms with Crippen molar-refractivity contribution >= 4 is 15.7 Å². The van der Waals surface area contributed by atoms with Gasteiger partial charge < -0.3 is 9.42 Å². The summed E-state index contributed by atoms with van der Waals surface area (Å²) in [5, 5.41) is 3.66. The number of carbonyl (C=O) groups excluding carboxylic acids is 1. The van der Waals surface area contributed by atoms with Crippen LogP contribution in [0.1, 0.15) is 50.7 Å². The molecule has 8 heteroatoms. The first-order valence-corrected chi connectivity index (χ1v) is 9.62. The van der Waals surface area contributed by atoms with E-state index < -0.39 is 15.6 Å². The minimum Gasteiger partial charge on any atom is -0.342 e. The van der Waals surface area contributed by atoms with Crippen molar-refractivity contribution in [2.24, 2.45) is 0 Å². The Morgan fingerprint density at radius 3 is 2.55 bits per heavy atom. The lowest BCUT2D eigenvalue weighted by Crippen LogP contribution is -2.36. The number of aromatic nitrogens is 2. The van der Waals surface area contributed by atoms with Gasteiger partial charge in [0.05, 0.1) is 0 Å². The van der Waals surface area contributed by atoms with E-state index in [1.165, 1.54) is 0 Å². The molecule has 1 aliphatic rings. The molecule has 0 bridgehead atoms. The smallest absolute Gasteiger partial charge is 0.237 e. The lowest BCUT2D eigenvalue weighted by molar-refractivity contribution is -0.128. The van der Waals surface area contributed by atoms with Crippen molar-refractivity contribution in [2.75, 3.05) is 18.8 Å². The zero-order chi connectivity index (χ0) is 16.0. The Morgan fingerprint density at radius 1 is 1.23 bits per heavy atom. The Balaban J connectivity index is 1.92. The number of amides is 1. The van der Waals surface area contributed by atoms with Crippen molar-refractivity contribution in [1.29, 1.82) is 0 Å². The van der Waals surface area contributed by atoms with Gasteiger partial charge in [-0.1, -0.05) is 24.9 Å². The minimum absolute atomic E-state index is 0.132. The fourth-order valence-corrected chi connectivity index (χ4v) is 3.68. The van der Waals surface area contributed by atoms with E-state index >= 15 is 0 Å². The summed E-state index contributed by atoms with van der Waals surface area (Å²) < 4.78 is 29.2. The monoisotopic (exact) mass is 329 g/mol. The molecule has 0 atom stereocenters. The maximum Gasteiger partial charge on any atom is 0.237 e. The van der Waals surface area contributed by atoms with E-state index in [1.54, 1.807) is 4.90 Å². The Bertz CT molecular complexity index is 589. The molecule has 0 radical (unpaired) electrons. The number of carbonyl (C=O) groups is 1. The second kappa shape index (κ2) is 7.71. The van der Waals surface area contributed by atoms with Gasteiger partial charge in [-0.25, -0.2) is 8.42 Å². The maximum absolute atomic E-state index is 12.1. The summed E-state index contributed by atoms with van der Waals surface area (Å²) >= 11 is 0. The van der Waals surface area contributed by atoms with Gasteiger partial charge in [0.2, 0.25) is 11.8 Å². The van der Waals surface area contributed by atoms with Crippen LogP contribution in [0.15, 0.2) is 4.52 Å². The van der Waals surface area contributed by atoms with Gasteiger partial charge in [0.1, 0.15) is 11.5 Å². The van der Waals surface area contributed by atoms with Crippen LogP contribution in [0.25, 0.3) is 0 Å². The lowest BCUT2D eigenvalue weighted by atomic mass is 10.2. The van der Waals surface area contributed by atoms with Gasteiger partial charge in [-0.15, -0.1) is 0 Å². The molecule has 1 saturated heterocycles. The molecule has 124 valence electrons. The summed E-state index contributed by atoms with van der Waals surface area (Å²) in [7, 11) is -3.57. The molecule has 0 aromatic carbocycles. The van der Waals surface area contributed by atoms with Crippen LogP contribution in [0.2, 0.25) is 0 Å². The zero-order valence-corrected chi connectivity index (χ0v) is 13.8. The highest BCUT2D eigenvalue weighted by Crippen LogP contribution is 2.12. The first kappa shape index (κ1) is 16.9. The average Bonchev–Trinajstić information content (AvgIpc) is 2.72. The normalized spacial score (nSPS) is 16.5. The van der Waals surface area contributed by atoms with Crippen molar-refractivity contribution < 1.29 is 17.7 Å². The summed E-state index contributed by atoms with van der Waals surface area (Å²) in [5.41, 5.74) is 0. The standard InChI is InChI=1S/C14H23N3O4S/c1-2-7-13-15-12(16-21-13)10-22(19,20)11-14(18)17-8-5-3-4-6-9-17/h2-11H2,1H3. The zero-order valence-electron chi connectivity index (χ0n) is 13.0. The van der Waals surface area contributed by atoms with E-state index in [0.29, 0.717) is 25.4 Å². The number of likely N-dealkylation sites (tertiary alicyclic amines) is 1. The number of sulfone groups is 1. The van der Waals surface area contributed by atoms with Crippen LogP contribution < -0.4 is 0 Å². The third-order valence-electron chi connectivity index (χ3n) is 3.63. The topological polar surface area (TPSA) is 93.4 Å². The maximum atomic E-state index is 12.1. The minimum atomic E-state index is -3.57. The van der Waals surface area contributed by atoms with Crippen LogP contribution in [0.3, 0.4) is 0 Å². The van der Waals surface area contributed by atoms with E-state index in [2.05, 4.69) is 10.1 Å². The van der Waals surface area contributed by atoms with Gasteiger partial charge in [0.25, 0.3) is 0 Å². The molecule has 0 saturated carbocycles.